The second kappa shape index (κ2) is 9.11. The van der Waals surface area contributed by atoms with E-state index in [2.05, 4.69) is 20.6 Å². The number of hydrogen-bond acceptors (Lipinski definition) is 3. The summed E-state index contributed by atoms with van der Waals surface area (Å²) in [5.41, 5.74) is 1.18. The summed E-state index contributed by atoms with van der Waals surface area (Å²) in [5.74, 6) is -0.938. The molecular formula is C22H23F3N6. The van der Waals surface area contributed by atoms with Gasteiger partial charge in [-0.2, -0.15) is 0 Å². The first-order valence-electron chi connectivity index (χ1n) is 9.98. The van der Waals surface area contributed by atoms with Crippen LogP contribution in [0, 0.1) is 17.5 Å². The van der Waals surface area contributed by atoms with Crippen molar-refractivity contribution in [1.82, 2.24) is 20.2 Å². The molecule has 1 fully saturated rings. The highest BCUT2D eigenvalue weighted by atomic mass is 19.1. The number of para-hydroxylation sites is 1. The van der Waals surface area contributed by atoms with E-state index in [-0.39, 0.29) is 17.5 Å². The largest absolute Gasteiger partial charge is 0.365 e. The maximum absolute atomic E-state index is 14.4. The Kier molecular flexibility index (Phi) is 6.11. The van der Waals surface area contributed by atoms with Crippen LogP contribution >= 0.6 is 0 Å². The van der Waals surface area contributed by atoms with Crippen LogP contribution in [-0.2, 0) is 6.54 Å². The Morgan fingerprint density at radius 3 is 2.65 bits per heavy atom. The van der Waals surface area contributed by atoms with E-state index in [4.69, 9.17) is 0 Å². The minimum absolute atomic E-state index is 0.00297. The van der Waals surface area contributed by atoms with Gasteiger partial charge >= 0.3 is 0 Å². The number of halogens is 3. The fourth-order valence-electron chi connectivity index (χ4n) is 3.72. The lowest BCUT2D eigenvalue weighted by Gasteiger charge is -2.21. The summed E-state index contributed by atoms with van der Waals surface area (Å²) >= 11 is 0. The molecule has 0 bridgehead atoms. The Labute approximate surface area is 178 Å². The number of anilines is 1. The molecule has 1 saturated heterocycles. The van der Waals surface area contributed by atoms with Crippen LogP contribution in [0.15, 0.2) is 60.1 Å². The first kappa shape index (κ1) is 20.8. The average Bonchev–Trinajstić information content (AvgIpc) is 3.43. The molecule has 4 rings (SSSR count). The lowest BCUT2D eigenvalue weighted by atomic mass is 10.2. The zero-order valence-corrected chi connectivity index (χ0v) is 17.0. The second-order valence-corrected chi connectivity index (χ2v) is 7.33. The van der Waals surface area contributed by atoms with E-state index in [1.165, 1.54) is 24.3 Å². The molecule has 3 aromatic rings. The van der Waals surface area contributed by atoms with Crippen molar-refractivity contribution in [1.29, 1.82) is 0 Å². The predicted octanol–water partition coefficient (Wildman–Crippen LogP) is 3.23. The zero-order valence-electron chi connectivity index (χ0n) is 17.0. The fourth-order valence-corrected chi connectivity index (χ4v) is 3.72. The molecular weight excluding hydrogens is 405 g/mol. The summed E-state index contributed by atoms with van der Waals surface area (Å²) in [6, 6.07) is 8.85. The monoisotopic (exact) mass is 428 g/mol. The predicted molar refractivity (Wildman–Crippen MR) is 114 cm³/mol. The molecule has 2 aromatic carbocycles. The fraction of sp³-hybridized carbons (Fsp3) is 0.273. The summed E-state index contributed by atoms with van der Waals surface area (Å²) in [7, 11) is 1.64. The average molecular weight is 428 g/mol. The molecule has 0 saturated carbocycles. The van der Waals surface area contributed by atoms with Crippen molar-refractivity contribution >= 4 is 11.6 Å². The van der Waals surface area contributed by atoms with Crippen molar-refractivity contribution in [3.05, 3.63) is 78.1 Å². The molecule has 1 atom stereocenters. The van der Waals surface area contributed by atoms with Crippen LogP contribution in [0.2, 0.25) is 0 Å². The van der Waals surface area contributed by atoms with Crippen LogP contribution < -0.4 is 15.5 Å². The van der Waals surface area contributed by atoms with E-state index >= 15 is 0 Å². The van der Waals surface area contributed by atoms with E-state index in [1.54, 1.807) is 41.3 Å². The van der Waals surface area contributed by atoms with Crippen LogP contribution in [0.5, 0.6) is 0 Å². The molecule has 162 valence electrons. The van der Waals surface area contributed by atoms with E-state index in [0.717, 1.165) is 5.56 Å². The van der Waals surface area contributed by atoms with Crippen molar-refractivity contribution in [3.8, 4) is 5.69 Å². The highest BCUT2D eigenvalue weighted by Crippen LogP contribution is 2.26. The molecule has 9 heteroatoms. The molecule has 1 aromatic heterocycles. The second-order valence-electron chi connectivity index (χ2n) is 7.33. The first-order valence-corrected chi connectivity index (χ1v) is 9.98. The van der Waals surface area contributed by atoms with Gasteiger partial charge in [0.2, 0.25) is 0 Å². The van der Waals surface area contributed by atoms with E-state index in [9.17, 15) is 13.2 Å². The van der Waals surface area contributed by atoms with Gasteiger partial charge in [0.05, 0.1) is 12.0 Å². The summed E-state index contributed by atoms with van der Waals surface area (Å²) < 4.78 is 44.1. The standard InChI is InChI=1S/C22H23F3N6/c1-26-22(28-12-15-5-6-20(19(25)11-15)31-10-8-27-14-31)29-16-7-9-30(13-16)21-17(23)3-2-4-18(21)24/h2-6,8,10-11,14,16H,7,9,12-13H2,1H3,(H2,26,28,29). The number of hydrogen-bond donors (Lipinski definition) is 2. The highest BCUT2D eigenvalue weighted by molar-refractivity contribution is 5.80. The van der Waals surface area contributed by atoms with Gasteiger partial charge < -0.3 is 20.1 Å². The van der Waals surface area contributed by atoms with Gasteiger partial charge in [-0.15, -0.1) is 0 Å². The number of aliphatic imine (C=N–C) groups is 1. The lowest BCUT2D eigenvalue weighted by molar-refractivity contribution is 0.575. The van der Waals surface area contributed by atoms with Gasteiger partial charge in [-0.05, 0) is 36.2 Å². The molecule has 0 aliphatic carbocycles. The van der Waals surface area contributed by atoms with Gasteiger partial charge in [-0.25, -0.2) is 18.2 Å². The van der Waals surface area contributed by atoms with Crippen molar-refractivity contribution in [2.24, 2.45) is 4.99 Å². The molecule has 1 aliphatic rings. The van der Waals surface area contributed by atoms with E-state index in [0.29, 0.717) is 37.7 Å². The van der Waals surface area contributed by atoms with Crippen LogP contribution in [0.25, 0.3) is 5.69 Å². The van der Waals surface area contributed by atoms with Crippen LogP contribution in [-0.4, -0.2) is 41.7 Å². The van der Waals surface area contributed by atoms with Gasteiger partial charge in [-0.3, -0.25) is 4.99 Å². The number of rotatable bonds is 5. The number of imidazole rings is 1. The normalized spacial score (nSPS) is 16.6. The van der Waals surface area contributed by atoms with Gasteiger partial charge in [0.1, 0.15) is 23.1 Å². The SMILES string of the molecule is CN=C(NCc1ccc(-n2ccnc2)c(F)c1)NC1CCN(c2c(F)cccc2F)C1. The van der Waals surface area contributed by atoms with Gasteiger partial charge in [0, 0.05) is 45.1 Å². The number of nitrogens with one attached hydrogen (secondary N) is 2. The summed E-state index contributed by atoms with van der Waals surface area (Å²) in [6.07, 6.45) is 5.53. The van der Waals surface area contributed by atoms with Crippen LogP contribution in [0.3, 0.4) is 0 Å². The smallest absolute Gasteiger partial charge is 0.191 e. The topological polar surface area (TPSA) is 57.5 Å². The Morgan fingerprint density at radius 2 is 1.97 bits per heavy atom. The molecule has 0 amide bonds. The molecule has 31 heavy (non-hydrogen) atoms. The first-order chi connectivity index (χ1) is 15.0. The number of nitrogens with zero attached hydrogens (tertiary/aromatic N) is 4. The van der Waals surface area contributed by atoms with Gasteiger partial charge in [0.25, 0.3) is 0 Å². The maximum atomic E-state index is 14.4. The number of aromatic nitrogens is 2. The van der Waals surface area contributed by atoms with E-state index in [1.807, 2.05) is 6.07 Å². The molecule has 0 radical (unpaired) electrons. The molecule has 6 nitrogen and oxygen atoms in total. The molecule has 1 unspecified atom stereocenters. The van der Waals surface area contributed by atoms with Gasteiger partial charge in [-0.1, -0.05) is 12.1 Å². The molecule has 0 spiro atoms. The van der Waals surface area contributed by atoms with Crippen molar-refractivity contribution in [2.45, 2.75) is 19.0 Å². The summed E-state index contributed by atoms with van der Waals surface area (Å²) in [5, 5.41) is 6.43. The third-order valence-corrected chi connectivity index (χ3v) is 5.26. The van der Waals surface area contributed by atoms with Crippen molar-refractivity contribution < 1.29 is 13.2 Å². The Bertz CT molecular complexity index is 1050. The summed E-state index contributed by atoms with van der Waals surface area (Å²) in [6.45, 7) is 1.36. The zero-order chi connectivity index (χ0) is 21.8. The van der Waals surface area contributed by atoms with Crippen molar-refractivity contribution in [3.63, 3.8) is 0 Å². The quantitative estimate of drug-likeness (QED) is 0.484. The van der Waals surface area contributed by atoms with Gasteiger partial charge in [0.15, 0.2) is 5.96 Å². The third-order valence-electron chi connectivity index (χ3n) is 5.26. The highest BCUT2D eigenvalue weighted by Gasteiger charge is 2.27. The minimum Gasteiger partial charge on any atom is -0.365 e. The maximum Gasteiger partial charge on any atom is 0.191 e. The summed E-state index contributed by atoms with van der Waals surface area (Å²) in [4.78, 5) is 9.83. The number of benzene rings is 2. The Balaban J connectivity index is 1.34. The van der Waals surface area contributed by atoms with Crippen LogP contribution in [0.4, 0.5) is 18.9 Å². The minimum atomic E-state index is -0.565. The molecule has 1 aliphatic heterocycles. The van der Waals surface area contributed by atoms with Crippen LogP contribution in [0.1, 0.15) is 12.0 Å². The van der Waals surface area contributed by atoms with E-state index < -0.39 is 11.6 Å². The molecule has 2 N–H and O–H groups in total. The molecule has 2 heterocycles. The Hall–Kier alpha value is -3.49. The lowest BCUT2D eigenvalue weighted by Crippen LogP contribution is -2.44. The van der Waals surface area contributed by atoms with Crippen molar-refractivity contribution in [2.75, 3.05) is 25.0 Å². The third kappa shape index (κ3) is 4.65. The number of guanidine groups is 1. The Morgan fingerprint density at radius 1 is 1.16 bits per heavy atom.